The molecule has 4 N–H and O–H groups in total. The summed E-state index contributed by atoms with van der Waals surface area (Å²) in [6, 6.07) is 5.62. The van der Waals surface area contributed by atoms with Crippen LogP contribution in [0.5, 0.6) is 0 Å². The fourth-order valence-electron chi connectivity index (χ4n) is 1.77. The number of nitrogens with one attached hydrogen (secondary N) is 1. The number of amides is 1. The number of nitrogens with two attached hydrogens (primary N) is 1. The van der Waals surface area contributed by atoms with Gasteiger partial charge in [0.15, 0.2) is 5.84 Å². The van der Waals surface area contributed by atoms with Crippen LogP contribution in [-0.2, 0) is 11.3 Å². The van der Waals surface area contributed by atoms with Gasteiger partial charge in [-0.2, -0.15) is 0 Å². The van der Waals surface area contributed by atoms with E-state index in [4.69, 9.17) is 10.9 Å². The minimum atomic E-state index is -0.597. The summed E-state index contributed by atoms with van der Waals surface area (Å²) in [6.07, 6.45) is 1.32. The lowest BCUT2D eigenvalue weighted by molar-refractivity contribution is -0.123. The number of nitrogens with zero attached hydrogens (tertiary/aromatic N) is 2. The first-order valence-electron chi connectivity index (χ1n) is 6.26. The number of hydrogen-bond acceptors (Lipinski definition) is 4. The number of oxime groups is 1. The van der Waals surface area contributed by atoms with Crippen molar-refractivity contribution in [2.24, 2.45) is 16.8 Å². The SMILES string of the molecule is CCCC(C(=O)NCc1cccc(C)n1)C(N)=NO. The molecule has 19 heavy (non-hydrogen) atoms. The van der Waals surface area contributed by atoms with Crippen molar-refractivity contribution < 1.29 is 10.0 Å². The lowest BCUT2D eigenvalue weighted by Gasteiger charge is -2.14. The van der Waals surface area contributed by atoms with Gasteiger partial charge < -0.3 is 16.3 Å². The average molecular weight is 264 g/mol. The number of rotatable bonds is 6. The van der Waals surface area contributed by atoms with E-state index in [2.05, 4.69) is 15.5 Å². The van der Waals surface area contributed by atoms with Crippen LogP contribution in [0.3, 0.4) is 0 Å². The molecule has 0 aromatic carbocycles. The standard InChI is InChI=1S/C13H20N4O2/c1-3-5-11(12(14)17-19)13(18)15-8-10-7-4-6-9(2)16-10/h4,6-7,11,19H,3,5,8H2,1-2H3,(H2,14,17)(H,15,18). The number of pyridine rings is 1. The van der Waals surface area contributed by atoms with Gasteiger partial charge in [0, 0.05) is 5.69 Å². The number of aryl methyl sites for hydroxylation is 1. The highest BCUT2D eigenvalue weighted by Crippen LogP contribution is 2.07. The van der Waals surface area contributed by atoms with Gasteiger partial charge in [0.05, 0.1) is 18.2 Å². The summed E-state index contributed by atoms with van der Waals surface area (Å²) in [5, 5.41) is 14.3. The largest absolute Gasteiger partial charge is 0.409 e. The van der Waals surface area contributed by atoms with Gasteiger partial charge in [-0.05, 0) is 25.5 Å². The molecule has 0 aliphatic carbocycles. The number of hydrogen-bond donors (Lipinski definition) is 3. The molecule has 0 saturated heterocycles. The Hall–Kier alpha value is -2.11. The van der Waals surface area contributed by atoms with Crippen molar-refractivity contribution in [1.82, 2.24) is 10.3 Å². The maximum Gasteiger partial charge on any atom is 0.231 e. The second-order valence-corrected chi connectivity index (χ2v) is 4.35. The van der Waals surface area contributed by atoms with Gasteiger partial charge in [0.1, 0.15) is 0 Å². The van der Waals surface area contributed by atoms with E-state index >= 15 is 0 Å². The van der Waals surface area contributed by atoms with E-state index in [0.717, 1.165) is 17.8 Å². The van der Waals surface area contributed by atoms with Gasteiger partial charge in [-0.3, -0.25) is 9.78 Å². The second-order valence-electron chi connectivity index (χ2n) is 4.35. The first-order chi connectivity index (χ1) is 9.08. The molecule has 0 radical (unpaired) electrons. The predicted octanol–water partition coefficient (Wildman–Crippen LogP) is 1.17. The van der Waals surface area contributed by atoms with Crippen molar-refractivity contribution in [3.63, 3.8) is 0 Å². The number of carbonyl (C=O) groups excluding carboxylic acids is 1. The van der Waals surface area contributed by atoms with Gasteiger partial charge in [0.2, 0.25) is 5.91 Å². The topological polar surface area (TPSA) is 101 Å². The molecule has 0 aliphatic rings. The highest BCUT2D eigenvalue weighted by molar-refractivity contribution is 6.01. The summed E-state index contributed by atoms with van der Waals surface area (Å²) in [5.41, 5.74) is 7.20. The highest BCUT2D eigenvalue weighted by Gasteiger charge is 2.21. The Labute approximate surface area is 112 Å². The third kappa shape index (κ3) is 4.57. The monoisotopic (exact) mass is 264 g/mol. The predicted molar refractivity (Wildman–Crippen MR) is 72.6 cm³/mol. The number of amidine groups is 1. The van der Waals surface area contributed by atoms with E-state index in [-0.39, 0.29) is 11.7 Å². The molecule has 0 aliphatic heterocycles. The fourth-order valence-corrected chi connectivity index (χ4v) is 1.77. The van der Waals surface area contributed by atoms with Crippen LogP contribution in [-0.4, -0.2) is 21.9 Å². The summed E-state index contributed by atoms with van der Waals surface area (Å²) in [5.74, 6) is -0.906. The molecule has 1 aromatic heterocycles. The van der Waals surface area contributed by atoms with Crippen LogP contribution < -0.4 is 11.1 Å². The number of aromatic nitrogens is 1. The molecule has 104 valence electrons. The normalized spacial score (nSPS) is 13.1. The molecule has 1 heterocycles. The highest BCUT2D eigenvalue weighted by atomic mass is 16.4. The van der Waals surface area contributed by atoms with Crippen LogP contribution in [0.15, 0.2) is 23.4 Å². The van der Waals surface area contributed by atoms with Crippen LogP contribution in [0.4, 0.5) is 0 Å². The van der Waals surface area contributed by atoms with E-state index in [9.17, 15) is 4.79 Å². The lowest BCUT2D eigenvalue weighted by Crippen LogP contribution is -2.38. The van der Waals surface area contributed by atoms with E-state index in [1.165, 1.54) is 0 Å². The summed E-state index contributed by atoms with van der Waals surface area (Å²) in [4.78, 5) is 16.3. The van der Waals surface area contributed by atoms with Crippen molar-refractivity contribution in [2.45, 2.75) is 33.2 Å². The molecule has 1 rings (SSSR count). The second kappa shape index (κ2) is 7.35. The molecule has 0 spiro atoms. The molecule has 1 aromatic rings. The Morgan fingerprint density at radius 1 is 1.58 bits per heavy atom. The maximum absolute atomic E-state index is 12.0. The van der Waals surface area contributed by atoms with E-state index in [1.54, 1.807) is 0 Å². The summed E-state index contributed by atoms with van der Waals surface area (Å²) in [7, 11) is 0. The Bertz CT molecular complexity index is 460. The maximum atomic E-state index is 12.0. The zero-order valence-corrected chi connectivity index (χ0v) is 11.3. The van der Waals surface area contributed by atoms with Crippen molar-refractivity contribution in [2.75, 3.05) is 0 Å². The summed E-state index contributed by atoms with van der Waals surface area (Å²) in [6.45, 7) is 4.16. The van der Waals surface area contributed by atoms with Crippen LogP contribution in [0.25, 0.3) is 0 Å². The average Bonchev–Trinajstić information content (AvgIpc) is 2.41. The smallest absolute Gasteiger partial charge is 0.231 e. The first kappa shape index (κ1) is 14.9. The molecule has 6 heteroatoms. The molecular formula is C13H20N4O2. The Kier molecular flexibility index (Phi) is 5.78. The van der Waals surface area contributed by atoms with Crippen LogP contribution in [0.2, 0.25) is 0 Å². The molecule has 0 fully saturated rings. The number of carbonyl (C=O) groups is 1. The molecule has 0 bridgehead atoms. The lowest BCUT2D eigenvalue weighted by atomic mass is 10.0. The zero-order chi connectivity index (χ0) is 14.3. The van der Waals surface area contributed by atoms with Crippen LogP contribution in [0, 0.1) is 12.8 Å². The minimum absolute atomic E-state index is 0.0587. The van der Waals surface area contributed by atoms with Crippen molar-refractivity contribution >= 4 is 11.7 Å². The van der Waals surface area contributed by atoms with Crippen molar-refractivity contribution in [1.29, 1.82) is 0 Å². The zero-order valence-electron chi connectivity index (χ0n) is 11.3. The molecule has 0 saturated carbocycles. The molecule has 1 amide bonds. The first-order valence-corrected chi connectivity index (χ1v) is 6.26. The molecular weight excluding hydrogens is 244 g/mol. The molecule has 1 atom stereocenters. The van der Waals surface area contributed by atoms with Crippen LogP contribution >= 0.6 is 0 Å². The van der Waals surface area contributed by atoms with E-state index in [1.807, 2.05) is 32.0 Å². The third-order valence-electron chi connectivity index (χ3n) is 2.76. The van der Waals surface area contributed by atoms with Gasteiger partial charge in [-0.15, -0.1) is 0 Å². The van der Waals surface area contributed by atoms with E-state index < -0.39 is 5.92 Å². The van der Waals surface area contributed by atoms with Crippen molar-refractivity contribution in [3.8, 4) is 0 Å². The van der Waals surface area contributed by atoms with Gasteiger partial charge >= 0.3 is 0 Å². The quantitative estimate of drug-likeness (QED) is 0.311. The van der Waals surface area contributed by atoms with Gasteiger partial charge in [-0.1, -0.05) is 24.6 Å². The van der Waals surface area contributed by atoms with Gasteiger partial charge in [-0.25, -0.2) is 0 Å². The van der Waals surface area contributed by atoms with Gasteiger partial charge in [0.25, 0.3) is 0 Å². The summed E-state index contributed by atoms with van der Waals surface area (Å²) >= 11 is 0. The van der Waals surface area contributed by atoms with Crippen LogP contribution in [0.1, 0.15) is 31.2 Å². The Balaban J connectivity index is 2.62. The summed E-state index contributed by atoms with van der Waals surface area (Å²) < 4.78 is 0. The Morgan fingerprint density at radius 2 is 2.32 bits per heavy atom. The minimum Gasteiger partial charge on any atom is -0.409 e. The molecule has 1 unspecified atom stereocenters. The van der Waals surface area contributed by atoms with Crippen molar-refractivity contribution in [3.05, 3.63) is 29.6 Å². The Morgan fingerprint density at radius 3 is 2.89 bits per heavy atom. The third-order valence-corrected chi connectivity index (χ3v) is 2.76. The van der Waals surface area contributed by atoms with E-state index in [0.29, 0.717) is 13.0 Å². The molecule has 6 nitrogen and oxygen atoms in total. The fraction of sp³-hybridized carbons (Fsp3) is 0.462.